The summed E-state index contributed by atoms with van der Waals surface area (Å²) in [5.41, 5.74) is 0. The third-order valence-corrected chi connectivity index (χ3v) is 0. The minimum Gasteiger partial charge on any atom is -1.00 e. The van der Waals surface area contributed by atoms with E-state index < -0.39 is 5.15 Å². The fourth-order valence-electron chi connectivity index (χ4n) is 0. The molecule has 1 nitrogen and oxygen atoms in total. The monoisotopic (exact) mass is 109 g/mol. The summed E-state index contributed by atoms with van der Waals surface area (Å²) in [6.45, 7) is 1.74. The second-order valence-electron chi connectivity index (χ2n) is 0.611. The van der Waals surface area contributed by atoms with Gasteiger partial charge >= 0.3 is 40.2 Å². The third-order valence-electron chi connectivity index (χ3n) is 0. The van der Waals surface area contributed by atoms with E-state index in [0.29, 0.717) is 0 Å². The van der Waals surface area contributed by atoms with Crippen LogP contribution in [0.1, 0.15) is 1.43 Å². The molecule has 0 radical (unpaired) electrons. The first-order chi connectivity index (χ1) is 1.73. The van der Waals surface area contributed by atoms with E-state index in [-0.39, 0.29) is 1.43 Å². The van der Waals surface area contributed by atoms with Gasteiger partial charge in [0.05, 0.1) is 0 Å². The van der Waals surface area contributed by atoms with Crippen LogP contribution in [0.25, 0.3) is 0 Å². The maximum atomic E-state index is 9.66. The van der Waals surface area contributed by atoms with Gasteiger partial charge in [0.1, 0.15) is 0 Å². The van der Waals surface area contributed by atoms with Crippen LogP contribution < -0.4 is 0 Å². The van der Waals surface area contributed by atoms with Gasteiger partial charge in [0, 0.05) is 0 Å². The van der Waals surface area contributed by atoms with Gasteiger partial charge in [-0.3, -0.25) is 0 Å². The molecule has 0 aliphatic heterocycles. The molecule has 24 valence electrons. The molecule has 0 aliphatic rings. The average Bonchev–Trinajstić information content (AvgIpc) is 0.811. The van der Waals surface area contributed by atoms with E-state index in [1.807, 2.05) is 0 Å². The van der Waals surface area contributed by atoms with Crippen LogP contribution in [0.15, 0.2) is 0 Å². The van der Waals surface area contributed by atoms with Crippen LogP contribution in [-0.2, 0) is 28.4 Å². The quantitative estimate of drug-likeness (QED) is 0.419. The Kier molecular flexibility index (Phi) is 2.99. The minimum absolute atomic E-state index is 0. The van der Waals surface area contributed by atoms with Gasteiger partial charge in [-0.15, -0.1) is 0 Å². The summed E-state index contributed by atoms with van der Waals surface area (Å²) in [7, 11) is 0. The molecule has 0 heterocycles. The SMILES string of the molecule is C[PH](=O)[Sc].[H-]. The van der Waals surface area contributed by atoms with Crippen molar-refractivity contribution in [2.75, 3.05) is 6.66 Å². The van der Waals surface area contributed by atoms with Gasteiger partial charge in [0.2, 0.25) is 0 Å². The average molecular weight is 109 g/mol. The van der Waals surface area contributed by atoms with E-state index in [0.717, 1.165) is 0 Å². The molecule has 0 saturated carbocycles. The molecule has 1 unspecified atom stereocenters. The second kappa shape index (κ2) is 2.34. The van der Waals surface area contributed by atoms with Crippen LogP contribution in [-0.4, -0.2) is 6.66 Å². The zero-order valence-corrected chi connectivity index (χ0v) is 5.29. The van der Waals surface area contributed by atoms with Gasteiger partial charge in [-0.2, -0.15) is 0 Å². The Morgan fingerprint density at radius 1 is 2.25 bits per heavy atom. The summed E-state index contributed by atoms with van der Waals surface area (Å²) in [5.74, 6) is 0. The van der Waals surface area contributed by atoms with E-state index in [1.54, 1.807) is 6.66 Å². The van der Waals surface area contributed by atoms with Crippen LogP contribution in [0.5, 0.6) is 0 Å². The van der Waals surface area contributed by atoms with E-state index in [4.69, 9.17) is 0 Å². The molecular weight excluding hydrogens is 104 g/mol. The van der Waals surface area contributed by atoms with Crippen molar-refractivity contribution in [2.24, 2.45) is 0 Å². The third kappa shape index (κ3) is 11.3. The van der Waals surface area contributed by atoms with Crippen molar-refractivity contribution in [1.82, 2.24) is 0 Å². The predicted molar refractivity (Wildman–Crippen MR) is 16.0 cm³/mol. The molecule has 0 rings (SSSR count). The molecule has 0 N–H and O–H groups in total. The molecule has 0 bridgehead atoms. The van der Waals surface area contributed by atoms with Crippen molar-refractivity contribution >= 4 is 5.15 Å². The van der Waals surface area contributed by atoms with Gasteiger partial charge < -0.3 is 1.43 Å². The Hall–Kier alpha value is 1.10. The maximum absolute atomic E-state index is 9.66. The van der Waals surface area contributed by atoms with E-state index in [2.05, 4.69) is 0 Å². The molecule has 1 atom stereocenters. The summed E-state index contributed by atoms with van der Waals surface area (Å²) < 4.78 is 9.66. The predicted octanol–water partition coefficient (Wildman–Crippen LogP) is 0.750. The largest absolute Gasteiger partial charge is 1.00 e. The molecule has 0 aromatic carbocycles. The molecule has 0 fully saturated rings. The summed E-state index contributed by atoms with van der Waals surface area (Å²) >= 11 is 1.34. The van der Waals surface area contributed by atoms with Crippen LogP contribution in [0.4, 0.5) is 0 Å². The first kappa shape index (κ1) is 5.10. The maximum Gasteiger partial charge on any atom is -1.00 e. The van der Waals surface area contributed by atoms with Crippen LogP contribution >= 0.6 is 5.15 Å². The Balaban J connectivity index is 0. The van der Waals surface area contributed by atoms with E-state index in [9.17, 15) is 4.57 Å². The van der Waals surface area contributed by atoms with Crippen molar-refractivity contribution in [2.45, 2.75) is 0 Å². The van der Waals surface area contributed by atoms with Crippen LogP contribution in [0.2, 0.25) is 0 Å². The smallest absolute Gasteiger partial charge is 1.00 e. The fraction of sp³-hybridized carbons (Fsp3) is 1.00. The van der Waals surface area contributed by atoms with Gasteiger partial charge in [-0.1, -0.05) is 0 Å². The molecule has 0 aromatic rings. The number of hydrogen-bond donors (Lipinski definition) is 0. The Labute approximate surface area is 41.9 Å². The van der Waals surface area contributed by atoms with Gasteiger partial charge in [-0.25, -0.2) is 0 Å². The minimum atomic E-state index is -1.07. The van der Waals surface area contributed by atoms with Crippen LogP contribution in [0, 0.1) is 0 Å². The fourth-order valence-corrected chi connectivity index (χ4v) is 0. The van der Waals surface area contributed by atoms with Gasteiger partial charge in [0.25, 0.3) is 0 Å². The molecule has 0 spiro atoms. The van der Waals surface area contributed by atoms with Crippen molar-refractivity contribution < 1.29 is 29.8 Å². The molecule has 3 heteroatoms. The van der Waals surface area contributed by atoms with Crippen molar-refractivity contribution in [3.05, 3.63) is 0 Å². The zero-order valence-electron chi connectivity index (χ0n) is 3.49. The second-order valence-corrected chi connectivity index (χ2v) is 5.64. The number of rotatable bonds is 0. The van der Waals surface area contributed by atoms with E-state index >= 15 is 0 Å². The molecule has 0 aliphatic carbocycles. The Morgan fingerprint density at radius 3 is 2.25 bits per heavy atom. The van der Waals surface area contributed by atoms with Gasteiger partial charge in [0.15, 0.2) is 0 Å². The van der Waals surface area contributed by atoms with Crippen molar-refractivity contribution in [3.63, 3.8) is 0 Å². The summed E-state index contributed by atoms with van der Waals surface area (Å²) in [6, 6.07) is 0. The zero-order chi connectivity index (χ0) is 3.58. The molecular formula is CH5OPSc-. The summed E-state index contributed by atoms with van der Waals surface area (Å²) in [4.78, 5) is 0. The normalized spacial score (nSPS) is 15.0. The van der Waals surface area contributed by atoms with Gasteiger partial charge in [-0.05, 0) is 0 Å². The van der Waals surface area contributed by atoms with Crippen molar-refractivity contribution in [3.8, 4) is 0 Å². The molecule has 0 saturated heterocycles. The Bertz CT molecular complexity index is 34.6. The first-order valence-electron chi connectivity index (χ1n) is 0.993. The molecule has 0 amide bonds. The van der Waals surface area contributed by atoms with E-state index in [1.165, 1.54) is 23.8 Å². The topological polar surface area (TPSA) is 17.1 Å². The van der Waals surface area contributed by atoms with Crippen LogP contribution in [0.3, 0.4) is 0 Å². The molecule has 4 heavy (non-hydrogen) atoms. The summed E-state index contributed by atoms with van der Waals surface area (Å²) in [5, 5.41) is -1.07. The molecule has 0 aromatic heterocycles. The Morgan fingerprint density at radius 2 is 2.25 bits per heavy atom. The van der Waals surface area contributed by atoms with Crippen molar-refractivity contribution in [1.29, 1.82) is 0 Å². The first-order valence-corrected chi connectivity index (χ1v) is 5.68. The summed E-state index contributed by atoms with van der Waals surface area (Å²) in [6.07, 6.45) is 0. The number of hydrogen-bond acceptors (Lipinski definition) is 1. The standard InChI is InChI=1S/CH3OP.Sc.H/c1-3-2;;/h1H3;;/q;2*-1/p+1.